The molecule has 2 nitrogen and oxygen atoms in total. The largest absolute Gasteiger partial charge is 0.228 e. The van der Waals surface area contributed by atoms with Gasteiger partial charge in [-0.15, -0.1) is 0 Å². The van der Waals surface area contributed by atoms with E-state index in [1.807, 2.05) is 26.0 Å². The Morgan fingerprint density at radius 2 is 0.836 bits per heavy atom. The summed E-state index contributed by atoms with van der Waals surface area (Å²) < 4.78 is 0. The van der Waals surface area contributed by atoms with Gasteiger partial charge in [-0.25, -0.2) is 9.97 Å². The topological polar surface area (TPSA) is 25.8 Å². The second-order valence-electron chi connectivity index (χ2n) is 14.0. The highest BCUT2D eigenvalue weighted by molar-refractivity contribution is 5.85. The summed E-state index contributed by atoms with van der Waals surface area (Å²) in [5.41, 5.74) is 17.9. The van der Waals surface area contributed by atoms with Crippen molar-refractivity contribution in [2.24, 2.45) is 0 Å². The van der Waals surface area contributed by atoms with Gasteiger partial charge in [-0.1, -0.05) is 166 Å². The molecule has 55 heavy (non-hydrogen) atoms. The predicted molar refractivity (Wildman–Crippen MR) is 233 cm³/mol. The minimum absolute atomic E-state index is 0.713. The average Bonchev–Trinajstić information content (AvgIpc) is 3.54. The molecule has 0 radical (unpaired) electrons. The summed E-state index contributed by atoms with van der Waals surface area (Å²) in [6, 6.07) is 58.3. The van der Waals surface area contributed by atoms with E-state index in [9.17, 15) is 0 Å². The maximum atomic E-state index is 5.08. The van der Waals surface area contributed by atoms with Crippen LogP contribution < -0.4 is 0 Å². The fourth-order valence-electron chi connectivity index (χ4n) is 7.76. The van der Waals surface area contributed by atoms with Crippen LogP contribution in [0.1, 0.15) is 51.5 Å². The summed E-state index contributed by atoms with van der Waals surface area (Å²) in [7, 11) is 0. The van der Waals surface area contributed by atoms with E-state index in [4.69, 9.17) is 9.97 Å². The fourth-order valence-corrected chi connectivity index (χ4v) is 7.76. The highest BCUT2D eigenvalue weighted by atomic mass is 14.9. The number of allylic oxidation sites excluding steroid dienone is 6. The van der Waals surface area contributed by atoms with Crippen molar-refractivity contribution in [3.63, 3.8) is 0 Å². The molecule has 0 N–H and O–H groups in total. The van der Waals surface area contributed by atoms with E-state index >= 15 is 0 Å². The van der Waals surface area contributed by atoms with Gasteiger partial charge in [0.1, 0.15) is 0 Å². The lowest BCUT2D eigenvalue weighted by Crippen LogP contribution is -2.00. The van der Waals surface area contributed by atoms with Crippen molar-refractivity contribution < 1.29 is 0 Å². The number of aromatic nitrogens is 2. The minimum Gasteiger partial charge on any atom is -0.228 e. The van der Waals surface area contributed by atoms with E-state index in [1.54, 1.807) is 5.57 Å². The maximum Gasteiger partial charge on any atom is 0.160 e. The molecule has 6 aromatic carbocycles. The summed E-state index contributed by atoms with van der Waals surface area (Å²) in [4.78, 5) is 10.2. The van der Waals surface area contributed by atoms with Crippen LogP contribution in [0.4, 0.5) is 0 Å². The van der Waals surface area contributed by atoms with Crippen LogP contribution in [0.15, 0.2) is 193 Å². The first-order valence-electron chi connectivity index (χ1n) is 19.8. The van der Waals surface area contributed by atoms with E-state index in [0.29, 0.717) is 5.82 Å². The van der Waals surface area contributed by atoms with Gasteiger partial charge in [0.15, 0.2) is 5.82 Å². The van der Waals surface area contributed by atoms with Crippen LogP contribution in [0.3, 0.4) is 0 Å². The molecule has 2 aliphatic rings. The molecule has 7 aromatic rings. The average molecular weight is 711 g/mol. The third kappa shape index (κ3) is 7.95. The Morgan fingerprint density at radius 3 is 1.36 bits per heavy atom. The first-order chi connectivity index (χ1) is 27.2. The molecule has 0 aliphatic heterocycles. The number of hydrogen-bond donors (Lipinski definition) is 0. The van der Waals surface area contributed by atoms with Gasteiger partial charge < -0.3 is 0 Å². The number of rotatable bonds is 7. The number of benzene rings is 6. The lowest BCUT2D eigenvalue weighted by Gasteiger charge is -2.20. The normalized spacial score (nSPS) is 13.6. The highest BCUT2D eigenvalue weighted by Crippen LogP contribution is 2.39. The molecule has 1 heterocycles. The third-order valence-corrected chi connectivity index (χ3v) is 10.5. The Bertz CT molecular complexity index is 2460. The highest BCUT2D eigenvalue weighted by Gasteiger charge is 2.18. The summed E-state index contributed by atoms with van der Waals surface area (Å²) >= 11 is 0. The molecular weight excluding hydrogens is 665 g/mol. The molecule has 268 valence electrons. The van der Waals surface area contributed by atoms with Crippen LogP contribution in [-0.2, 0) is 0 Å². The third-order valence-electron chi connectivity index (χ3n) is 10.5. The lowest BCUT2D eigenvalue weighted by atomic mass is 9.84. The van der Waals surface area contributed by atoms with Gasteiger partial charge in [0.25, 0.3) is 0 Å². The Labute approximate surface area is 326 Å². The smallest absolute Gasteiger partial charge is 0.160 e. The van der Waals surface area contributed by atoms with Crippen molar-refractivity contribution >= 4 is 5.57 Å². The van der Waals surface area contributed by atoms with E-state index in [0.717, 1.165) is 58.5 Å². The monoisotopic (exact) mass is 710 g/mol. The summed E-state index contributed by atoms with van der Waals surface area (Å²) in [5, 5.41) is 0. The van der Waals surface area contributed by atoms with Crippen LogP contribution in [0.25, 0.3) is 72.9 Å². The van der Waals surface area contributed by atoms with Gasteiger partial charge in [0, 0.05) is 16.7 Å². The van der Waals surface area contributed by atoms with E-state index in [1.165, 1.54) is 51.8 Å². The zero-order valence-electron chi connectivity index (χ0n) is 31.8. The Balaban J connectivity index is 0.00000210. The summed E-state index contributed by atoms with van der Waals surface area (Å²) in [6.07, 6.45) is 13.0. The number of hydrogen-bond acceptors (Lipinski definition) is 2. The zero-order valence-corrected chi connectivity index (χ0v) is 31.8. The molecule has 0 fully saturated rings. The molecule has 0 atom stereocenters. The molecule has 0 bridgehead atoms. The van der Waals surface area contributed by atoms with Gasteiger partial charge in [-0.2, -0.15) is 0 Å². The Morgan fingerprint density at radius 1 is 0.400 bits per heavy atom. The van der Waals surface area contributed by atoms with Gasteiger partial charge in [0.05, 0.1) is 11.4 Å². The second-order valence-corrected chi connectivity index (χ2v) is 14.0. The molecule has 0 spiro atoms. The fraction of sp³-hybridized carbons (Fsp3) is 0.132. The van der Waals surface area contributed by atoms with Crippen molar-refractivity contribution in [1.82, 2.24) is 9.97 Å². The van der Waals surface area contributed by atoms with Crippen LogP contribution in [-0.4, -0.2) is 9.97 Å². The molecule has 1 aromatic heterocycles. The van der Waals surface area contributed by atoms with E-state index < -0.39 is 0 Å². The quantitative estimate of drug-likeness (QED) is 0.165. The molecule has 2 aliphatic carbocycles. The Kier molecular flexibility index (Phi) is 10.9. The van der Waals surface area contributed by atoms with Crippen LogP contribution in [0.2, 0.25) is 0 Å². The van der Waals surface area contributed by atoms with Crippen molar-refractivity contribution in [1.29, 1.82) is 0 Å². The summed E-state index contributed by atoms with van der Waals surface area (Å²) in [6.45, 7) is 4.00. The molecule has 0 saturated carbocycles. The van der Waals surface area contributed by atoms with Crippen LogP contribution in [0.5, 0.6) is 0 Å². The summed E-state index contributed by atoms with van der Waals surface area (Å²) in [5.74, 6) is 0.713. The van der Waals surface area contributed by atoms with Gasteiger partial charge in [-0.05, 0) is 118 Å². The van der Waals surface area contributed by atoms with Crippen molar-refractivity contribution in [2.75, 3.05) is 0 Å². The maximum absolute atomic E-state index is 5.08. The second kappa shape index (κ2) is 16.7. The standard InChI is InChI=1S/C51H40N2.C2H6/c1-5-16-37(17-6-1)49-35-50(38-18-7-2-8-19-38)53-51(52-49)46-28-13-26-44(34-46)42-24-11-22-40(32-42)39-21-10-23-41(31-39)43-25-12-27-45(33-43)48-30-14-20-36-15-4-3-9-29-47(36)48;1-2/h1-2,4-8,10-13,15-19,21-28,30-35H,3,9,14,20,29H2;1-2H3. The SMILES string of the molecule is C1=CC2=C(CCC1)C(c1cccc(-c3cccc(-c4cccc(-c5cccc(-c6nc(-c7ccccc7)cc(-c7ccccc7)n6)c5)c4)c3)c1)=CCC2.CC. The first kappa shape index (κ1) is 35.6. The van der Waals surface area contributed by atoms with Crippen molar-refractivity contribution in [3.05, 3.63) is 199 Å². The number of nitrogens with zero attached hydrogens (tertiary/aromatic N) is 2. The minimum atomic E-state index is 0.713. The van der Waals surface area contributed by atoms with Crippen LogP contribution >= 0.6 is 0 Å². The molecular formula is C53H46N2. The molecule has 2 heteroatoms. The van der Waals surface area contributed by atoms with Crippen molar-refractivity contribution in [3.8, 4) is 67.3 Å². The molecule has 0 saturated heterocycles. The predicted octanol–water partition coefficient (Wildman–Crippen LogP) is 14.7. The molecule has 0 unspecified atom stereocenters. The Hall–Kier alpha value is -6.38. The zero-order chi connectivity index (χ0) is 37.4. The first-order valence-corrected chi connectivity index (χ1v) is 19.8. The molecule has 9 rings (SSSR count). The van der Waals surface area contributed by atoms with Crippen LogP contribution in [0, 0.1) is 0 Å². The lowest BCUT2D eigenvalue weighted by molar-refractivity contribution is 0.842. The van der Waals surface area contributed by atoms with Crippen molar-refractivity contribution in [2.45, 2.75) is 46.0 Å². The van der Waals surface area contributed by atoms with Gasteiger partial charge in [0.2, 0.25) is 0 Å². The van der Waals surface area contributed by atoms with Gasteiger partial charge in [-0.3, -0.25) is 0 Å². The molecule has 0 amide bonds. The van der Waals surface area contributed by atoms with E-state index in [-0.39, 0.29) is 0 Å². The van der Waals surface area contributed by atoms with Gasteiger partial charge >= 0.3 is 0 Å². The van der Waals surface area contributed by atoms with E-state index in [2.05, 4.69) is 170 Å².